The minimum absolute atomic E-state index is 1.22. The summed E-state index contributed by atoms with van der Waals surface area (Å²) in [6.45, 7) is 27.7. The van der Waals surface area contributed by atoms with E-state index >= 15 is 0 Å². The van der Waals surface area contributed by atoms with Crippen molar-refractivity contribution in [2.24, 2.45) is 0 Å². The Morgan fingerprint density at radius 2 is 0.704 bits per heavy atom. The first kappa shape index (κ1) is 27.7. The van der Waals surface area contributed by atoms with Gasteiger partial charge in [0.25, 0.3) is 0 Å². The fraction of sp³-hybridized carbons (Fsp3) is 1.00. The quantitative estimate of drug-likeness (QED) is 0.217. The van der Waals surface area contributed by atoms with Crippen LogP contribution in [0.25, 0.3) is 0 Å². The van der Waals surface area contributed by atoms with Crippen molar-refractivity contribution in [2.45, 2.75) is 85.5 Å². The van der Waals surface area contributed by atoms with Gasteiger partial charge in [0, 0.05) is 0 Å². The molecule has 0 radical (unpaired) electrons. The zero-order valence-corrected chi connectivity index (χ0v) is 23.0. The monoisotopic (exact) mass is 491 g/mol. The molecule has 0 fully saturated rings. The fourth-order valence-corrected chi connectivity index (χ4v) is 17.5. The number of hydrogen-bond acceptors (Lipinski definition) is 3. The Hall–Kier alpha value is 0.679. The van der Waals surface area contributed by atoms with Crippen LogP contribution in [0.15, 0.2) is 0 Å². The Kier molecular flexibility index (Phi) is 18.0. The molecule has 4 heteroatoms. The Morgan fingerprint density at radius 3 is 0.889 bits per heavy atom. The van der Waals surface area contributed by atoms with E-state index < -0.39 is 18.4 Å². The maximum absolute atomic E-state index is 2.62. The molecule has 0 aromatic carbocycles. The first-order chi connectivity index (χ1) is 13.0. The van der Waals surface area contributed by atoms with Gasteiger partial charge in [-0.2, -0.15) is 0 Å². The van der Waals surface area contributed by atoms with Crippen molar-refractivity contribution in [3.63, 3.8) is 0 Å². The summed E-state index contributed by atoms with van der Waals surface area (Å²) < 4.78 is 6.43. The van der Waals surface area contributed by atoms with Crippen LogP contribution in [0.2, 0.25) is 17.7 Å². The number of hydrogen-bond donors (Lipinski definition) is 0. The van der Waals surface area contributed by atoms with Gasteiger partial charge in [-0.1, -0.05) is 0 Å². The van der Waals surface area contributed by atoms with Crippen molar-refractivity contribution in [2.75, 3.05) is 58.9 Å². The van der Waals surface area contributed by atoms with Crippen molar-refractivity contribution < 1.29 is 0 Å². The fourth-order valence-electron chi connectivity index (χ4n) is 4.56. The first-order valence-corrected chi connectivity index (χ1v) is 20.3. The average Bonchev–Trinajstić information content (AvgIpc) is 2.71. The molecule has 0 unspecified atom stereocenters. The summed E-state index contributed by atoms with van der Waals surface area (Å²) in [4.78, 5) is 7.87. The van der Waals surface area contributed by atoms with Crippen LogP contribution in [0.4, 0.5) is 0 Å². The van der Waals surface area contributed by atoms with Crippen molar-refractivity contribution in [3.8, 4) is 0 Å². The third kappa shape index (κ3) is 12.1. The predicted molar refractivity (Wildman–Crippen MR) is 128 cm³/mol. The van der Waals surface area contributed by atoms with Crippen LogP contribution < -0.4 is 0 Å². The molecule has 3 nitrogen and oxygen atoms in total. The standard InChI is InChI=1S/3C7H16N.C2H5.Sn/c3*1-4-7-8(5-2)6-3;1-2;/h3*1,4-7H2,2-3H3;1H2,2H3;. The Balaban J connectivity index is 4.74. The molecule has 0 amide bonds. The molecule has 0 aliphatic carbocycles. The summed E-state index contributed by atoms with van der Waals surface area (Å²) in [6.07, 6.45) is 4.38. The second-order valence-corrected chi connectivity index (χ2v) is 23.1. The van der Waals surface area contributed by atoms with E-state index in [1.807, 2.05) is 0 Å². The molecule has 0 saturated carbocycles. The van der Waals surface area contributed by atoms with Crippen LogP contribution in [-0.4, -0.2) is 92.0 Å². The molecule has 0 aromatic rings. The third-order valence-corrected chi connectivity index (χ3v) is 23.4. The molecule has 0 atom stereocenters. The van der Waals surface area contributed by atoms with Crippen LogP contribution in [0.5, 0.6) is 0 Å². The topological polar surface area (TPSA) is 9.72 Å². The molecule has 0 aliphatic rings. The van der Waals surface area contributed by atoms with Gasteiger partial charge in [0.15, 0.2) is 0 Å². The third-order valence-electron chi connectivity index (χ3n) is 6.98. The van der Waals surface area contributed by atoms with Crippen LogP contribution in [0.1, 0.15) is 67.7 Å². The summed E-state index contributed by atoms with van der Waals surface area (Å²) in [5.74, 6) is 0. The Bertz CT molecular complexity index is 267. The van der Waals surface area contributed by atoms with Gasteiger partial charge in [0.2, 0.25) is 0 Å². The second kappa shape index (κ2) is 17.5. The normalized spacial score (nSPS) is 12.7. The molecule has 0 N–H and O–H groups in total. The molecule has 164 valence electrons. The minimum atomic E-state index is -1.99. The number of rotatable bonds is 19. The van der Waals surface area contributed by atoms with E-state index in [0.29, 0.717) is 0 Å². The van der Waals surface area contributed by atoms with Gasteiger partial charge in [-0.3, -0.25) is 0 Å². The van der Waals surface area contributed by atoms with Gasteiger partial charge < -0.3 is 0 Å². The van der Waals surface area contributed by atoms with E-state index in [1.165, 1.54) is 78.2 Å². The summed E-state index contributed by atoms with van der Waals surface area (Å²) in [5.41, 5.74) is 0. The molecule has 0 spiro atoms. The molecular formula is C23H53N3Sn. The van der Waals surface area contributed by atoms with Gasteiger partial charge in [0.05, 0.1) is 0 Å². The van der Waals surface area contributed by atoms with E-state index in [-0.39, 0.29) is 0 Å². The molecular weight excluding hydrogens is 437 g/mol. The van der Waals surface area contributed by atoms with E-state index in [4.69, 9.17) is 0 Å². The molecule has 27 heavy (non-hydrogen) atoms. The van der Waals surface area contributed by atoms with E-state index in [9.17, 15) is 0 Å². The maximum atomic E-state index is 2.62. The summed E-state index contributed by atoms with van der Waals surface area (Å²) in [5, 5.41) is 0. The SMILES string of the molecule is CCN(CC)CC[CH2][Sn]([CH2]C)([CH2]CCN(CC)CC)[CH2]CCN(CC)CC. The Morgan fingerprint density at radius 1 is 0.444 bits per heavy atom. The van der Waals surface area contributed by atoms with Crippen molar-refractivity contribution in [1.29, 1.82) is 0 Å². The summed E-state index contributed by atoms with van der Waals surface area (Å²) >= 11 is -1.99. The van der Waals surface area contributed by atoms with Crippen LogP contribution in [-0.2, 0) is 0 Å². The van der Waals surface area contributed by atoms with E-state index in [0.717, 1.165) is 0 Å². The molecule has 0 aliphatic heterocycles. The average molecular weight is 490 g/mol. The van der Waals surface area contributed by atoms with E-state index in [2.05, 4.69) is 63.2 Å². The molecule has 0 heterocycles. The molecule has 0 aromatic heterocycles. The van der Waals surface area contributed by atoms with Gasteiger partial charge in [-0.15, -0.1) is 0 Å². The first-order valence-electron chi connectivity index (χ1n) is 12.2. The predicted octanol–water partition coefficient (Wildman–Crippen LogP) is 5.65. The summed E-state index contributed by atoms with van der Waals surface area (Å²) in [6, 6.07) is 0. The van der Waals surface area contributed by atoms with Crippen LogP contribution in [0, 0.1) is 0 Å². The molecule has 0 bridgehead atoms. The Labute approximate surface area is 177 Å². The summed E-state index contributed by atoms with van der Waals surface area (Å²) in [7, 11) is 0. The van der Waals surface area contributed by atoms with Gasteiger partial charge >= 0.3 is 177 Å². The van der Waals surface area contributed by atoms with Crippen molar-refractivity contribution >= 4 is 18.4 Å². The van der Waals surface area contributed by atoms with Crippen molar-refractivity contribution in [1.82, 2.24) is 14.7 Å². The number of nitrogens with zero attached hydrogens (tertiary/aromatic N) is 3. The van der Waals surface area contributed by atoms with Crippen molar-refractivity contribution in [3.05, 3.63) is 0 Å². The van der Waals surface area contributed by atoms with Crippen LogP contribution in [0.3, 0.4) is 0 Å². The zero-order valence-electron chi connectivity index (χ0n) is 20.2. The van der Waals surface area contributed by atoms with Gasteiger partial charge in [-0.05, 0) is 0 Å². The second-order valence-electron chi connectivity index (χ2n) is 8.24. The van der Waals surface area contributed by atoms with Gasteiger partial charge in [0.1, 0.15) is 0 Å². The van der Waals surface area contributed by atoms with E-state index in [1.54, 1.807) is 17.7 Å². The molecule has 0 rings (SSSR count). The van der Waals surface area contributed by atoms with Gasteiger partial charge in [-0.25, -0.2) is 0 Å². The zero-order chi connectivity index (χ0) is 20.5. The van der Waals surface area contributed by atoms with Crippen LogP contribution >= 0.6 is 0 Å². The molecule has 0 saturated heterocycles.